The van der Waals surface area contributed by atoms with Crippen molar-refractivity contribution in [1.82, 2.24) is 4.90 Å². The van der Waals surface area contributed by atoms with Crippen molar-refractivity contribution in [3.8, 4) is 0 Å². The van der Waals surface area contributed by atoms with Crippen LogP contribution in [0.5, 0.6) is 0 Å². The Morgan fingerprint density at radius 1 is 1.13 bits per heavy atom. The molecule has 0 radical (unpaired) electrons. The normalized spacial score (nSPS) is 20.0. The van der Waals surface area contributed by atoms with E-state index in [2.05, 4.69) is 0 Å². The smallest absolute Gasteiger partial charge is 0.268 e. The third-order valence-corrected chi connectivity index (χ3v) is 7.93. The van der Waals surface area contributed by atoms with Gasteiger partial charge in [0.25, 0.3) is 11.8 Å². The van der Waals surface area contributed by atoms with Crippen LogP contribution in [0.15, 0.2) is 53.9 Å². The first-order chi connectivity index (χ1) is 14.9. The summed E-state index contributed by atoms with van der Waals surface area (Å²) in [6.45, 7) is 2.50. The number of benzene rings is 2. The fourth-order valence-electron chi connectivity index (χ4n) is 4.24. The number of carbonyl (C=O) groups is 2. The largest absolute Gasteiger partial charge is 0.310 e. The highest BCUT2D eigenvalue weighted by Gasteiger charge is 2.59. The molecule has 1 saturated heterocycles. The summed E-state index contributed by atoms with van der Waals surface area (Å²) < 4.78 is 27.2. The van der Waals surface area contributed by atoms with E-state index in [1.54, 1.807) is 15.9 Å². The maximum atomic E-state index is 13.9. The van der Waals surface area contributed by atoms with Crippen LogP contribution in [0.1, 0.15) is 26.4 Å². The van der Waals surface area contributed by atoms with Gasteiger partial charge in [0.15, 0.2) is 16.5 Å². The lowest BCUT2D eigenvalue weighted by Gasteiger charge is -2.33. The molecule has 1 fully saturated rings. The summed E-state index contributed by atoms with van der Waals surface area (Å²) in [4.78, 5) is 29.9. The molecule has 0 bridgehead atoms. The number of hydrogen-bond acceptors (Lipinski definition) is 4. The van der Waals surface area contributed by atoms with Crippen molar-refractivity contribution in [2.75, 3.05) is 17.2 Å². The van der Waals surface area contributed by atoms with Gasteiger partial charge < -0.3 is 9.80 Å². The Morgan fingerprint density at radius 2 is 1.97 bits per heavy atom. The van der Waals surface area contributed by atoms with Crippen LogP contribution < -0.4 is 4.90 Å². The Labute approximate surface area is 186 Å². The van der Waals surface area contributed by atoms with E-state index in [0.717, 1.165) is 23.3 Å². The summed E-state index contributed by atoms with van der Waals surface area (Å²) in [7, 11) is 0. The van der Waals surface area contributed by atoms with Gasteiger partial charge in [-0.05, 0) is 42.1 Å². The van der Waals surface area contributed by atoms with Crippen molar-refractivity contribution in [1.29, 1.82) is 0 Å². The van der Waals surface area contributed by atoms with Crippen LogP contribution in [-0.4, -0.2) is 29.0 Å². The van der Waals surface area contributed by atoms with Crippen LogP contribution in [-0.2, 0) is 16.2 Å². The molecule has 158 valence electrons. The number of aryl methyl sites for hydroxylation is 1. The standard InChI is InChI=1S/C23H18F2N2O2S2/c1-14-4-7-19-16(11-14)23(27(8-10-31-23)21(28)20-3-2-9-30-20)22(29)26(19)13-15-5-6-17(24)18(25)12-15/h2-7,9,11-12H,8,10,13H2,1H3. The van der Waals surface area contributed by atoms with E-state index < -0.39 is 16.5 Å². The third-order valence-electron chi connectivity index (χ3n) is 5.65. The Morgan fingerprint density at radius 3 is 2.71 bits per heavy atom. The number of thiophene rings is 1. The third kappa shape index (κ3) is 3.08. The second kappa shape index (κ2) is 7.46. The Kier molecular flexibility index (Phi) is 4.86. The van der Waals surface area contributed by atoms with Gasteiger partial charge in [-0.15, -0.1) is 23.1 Å². The number of nitrogens with zero attached hydrogens (tertiary/aromatic N) is 2. The van der Waals surface area contributed by atoms with Crippen LogP contribution in [0, 0.1) is 18.6 Å². The molecule has 5 rings (SSSR count). The molecule has 2 aromatic carbocycles. The average Bonchev–Trinajstić information content (AvgIpc) is 3.48. The topological polar surface area (TPSA) is 40.6 Å². The van der Waals surface area contributed by atoms with Crippen molar-refractivity contribution < 1.29 is 18.4 Å². The zero-order valence-corrected chi connectivity index (χ0v) is 18.2. The lowest BCUT2D eigenvalue weighted by molar-refractivity contribution is -0.123. The molecule has 2 aliphatic heterocycles. The van der Waals surface area contributed by atoms with Crippen molar-refractivity contribution in [3.63, 3.8) is 0 Å². The van der Waals surface area contributed by atoms with Gasteiger partial charge in [-0.3, -0.25) is 9.59 Å². The van der Waals surface area contributed by atoms with Gasteiger partial charge in [0, 0.05) is 17.9 Å². The van der Waals surface area contributed by atoms with E-state index in [4.69, 9.17) is 0 Å². The van der Waals surface area contributed by atoms with Gasteiger partial charge in [0.05, 0.1) is 17.1 Å². The van der Waals surface area contributed by atoms with E-state index in [-0.39, 0.29) is 18.4 Å². The van der Waals surface area contributed by atoms with Crippen molar-refractivity contribution in [2.45, 2.75) is 18.3 Å². The Hall–Kier alpha value is -2.71. The summed E-state index contributed by atoms with van der Waals surface area (Å²) in [5, 5.41) is 1.84. The molecule has 1 atom stereocenters. The molecule has 8 heteroatoms. The van der Waals surface area contributed by atoms with Gasteiger partial charge in [0.1, 0.15) is 0 Å². The summed E-state index contributed by atoms with van der Waals surface area (Å²) in [5.41, 5.74) is 2.93. The van der Waals surface area contributed by atoms with Gasteiger partial charge >= 0.3 is 0 Å². The highest BCUT2D eigenvalue weighted by atomic mass is 32.2. The van der Waals surface area contributed by atoms with Crippen LogP contribution >= 0.6 is 23.1 Å². The predicted molar refractivity (Wildman–Crippen MR) is 118 cm³/mol. The first kappa shape index (κ1) is 20.2. The maximum Gasteiger partial charge on any atom is 0.268 e. The molecule has 2 amide bonds. The molecule has 3 aromatic rings. The number of thioether (sulfide) groups is 1. The Balaban J connectivity index is 1.60. The fourth-order valence-corrected chi connectivity index (χ4v) is 6.36. The van der Waals surface area contributed by atoms with Gasteiger partial charge in [-0.1, -0.05) is 29.8 Å². The maximum absolute atomic E-state index is 13.9. The summed E-state index contributed by atoms with van der Waals surface area (Å²) in [5.74, 6) is -1.65. The molecule has 0 aliphatic carbocycles. The SMILES string of the molecule is Cc1ccc2c(c1)C1(SCCN1C(=O)c1cccs1)C(=O)N2Cc1ccc(F)c(F)c1. The molecular formula is C23H18F2N2O2S2. The van der Waals surface area contributed by atoms with E-state index in [1.807, 2.05) is 36.6 Å². The van der Waals surface area contributed by atoms with Gasteiger partial charge in [-0.2, -0.15) is 0 Å². The molecule has 4 nitrogen and oxygen atoms in total. The van der Waals surface area contributed by atoms with Crippen LogP contribution in [0.4, 0.5) is 14.5 Å². The van der Waals surface area contributed by atoms with E-state index >= 15 is 0 Å². The molecular weight excluding hydrogens is 438 g/mol. The average molecular weight is 457 g/mol. The van der Waals surface area contributed by atoms with Crippen LogP contribution in [0.3, 0.4) is 0 Å². The number of hydrogen-bond donors (Lipinski definition) is 0. The summed E-state index contributed by atoms with van der Waals surface area (Å²) in [6, 6.07) is 13.0. The Bertz CT molecular complexity index is 1200. The second-order valence-corrected chi connectivity index (χ2v) is 9.82. The number of halogens is 2. The first-order valence-corrected chi connectivity index (χ1v) is 11.6. The zero-order chi connectivity index (χ0) is 21.8. The molecule has 1 spiro atoms. The lowest BCUT2D eigenvalue weighted by Crippen LogP contribution is -2.50. The highest BCUT2D eigenvalue weighted by Crippen LogP contribution is 2.55. The summed E-state index contributed by atoms with van der Waals surface area (Å²) in [6.07, 6.45) is 0. The molecule has 1 unspecified atom stereocenters. The summed E-state index contributed by atoms with van der Waals surface area (Å²) >= 11 is 2.80. The number of amides is 2. The highest BCUT2D eigenvalue weighted by molar-refractivity contribution is 8.01. The molecule has 31 heavy (non-hydrogen) atoms. The number of fused-ring (bicyclic) bond motifs is 2. The lowest BCUT2D eigenvalue weighted by atomic mass is 10.0. The van der Waals surface area contributed by atoms with Crippen LogP contribution in [0.2, 0.25) is 0 Å². The van der Waals surface area contributed by atoms with Crippen molar-refractivity contribution >= 4 is 40.6 Å². The van der Waals surface area contributed by atoms with E-state index in [9.17, 15) is 18.4 Å². The van der Waals surface area contributed by atoms with E-state index in [0.29, 0.717) is 28.4 Å². The van der Waals surface area contributed by atoms with Gasteiger partial charge in [0.2, 0.25) is 0 Å². The number of carbonyl (C=O) groups excluding carboxylic acids is 2. The fraction of sp³-hybridized carbons (Fsp3) is 0.217. The van der Waals surface area contributed by atoms with Crippen LogP contribution in [0.25, 0.3) is 0 Å². The first-order valence-electron chi connectivity index (χ1n) is 9.78. The zero-order valence-electron chi connectivity index (χ0n) is 16.6. The minimum absolute atomic E-state index is 0.0927. The van der Waals surface area contributed by atoms with Gasteiger partial charge in [-0.25, -0.2) is 8.78 Å². The van der Waals surface area contributed by atoms with Crippen molar-refractivity contribution in [3.05, 3.63) is 87.1 Å². The molecule has 2 aliphatic rings. The minimum atomic E-state index is -1.15. The second-order valence-electron chi connectivity index (χ2n) is 7.59. The number of rotatable bonds is 3. The quantitative estimate of drug-likeness (QED) is 0.562. The monoisotopic (exact) mass is 456 g/mol. The predicted octanol–water partition coefficient (Wildman–Crippen LogP) is 4.92. The molecule has 0 N–H and O–H groups in total. The molecule has 1 aromatic heterocycles. The van der Waals surface area contributed by atoms with Crippen molar-refractivity contribution in [2.24, 2.45) is 0 Å². The molecule has 0 saturated carbocycles. The number of anilines is 1. The molecule has 3 heterocycles. The minimum Gasteiger partial charge on any atom is -0.310 e. The van der Waals surface area contributed by atoms with E-state index in [1.165, 1.54) is 29.2 Å².